The molecule has 0 spiro atoms. The van der Waals surface area contributed by atoms with Crippen LogP contribution in [0, 0.1) is 5.41 Å². The Morgan fingerprint density at radius 2 is 2.24 bits per heavy atom. The van der Waals surface area contributed by atoms with Crippen LogP contribution in [-0.4, -0.2) is 57.5 Å². The van der Waals surface area contributed by atoms with Crippen LogP contribution < -0.4 is 5.73 Å². The van der Waals surface area contributed by atoms with Crippen molar-refractivity contribution >= 4 is 0 Å². The second-order valence-corrected chi connectivity index (χ2v) is 5.69. The van der Waals surface area contributed by atoms with Crippen LogP contribution in [0.25, 0.3) is 0 Å². The highest BCUT2D eigenvalue weighted by molar-refractivity contribution is 4.86. The van der Waals surface area contributed by atoms with Crippen LogP contribution in [0.1, 0.15) is 25.7 Å². The Kier molecular flexibility index (Phi) is 4.79. The van der Waals surface area contributed by atoms with E-state index in [-0.39, 0.29) is 5.41 Å². The van der Waals surface area contributed by atoms with Crippen LogP contribution in [0.2, 0.25) is 0 Å². The lowest BCUT2D eigenvalue weighted by Gasteiger charge is -2.39. The second-order valence-electron chi connectivity index (χ2n) is 5.69. The molecule has 0 amide bonds. The van der Waals surface area contributed by atoms with Gasteiger partial charge in [0.1, 0.15) is 0 Å². The summed E-state index contributed by atoms with van der Waals surface area (Å²) in [4.78, 5) is 2.37. The summed E-state index contributed by atoms with van der Waals surface area (Å²) < 4.78 is 11.3. The van der Waals surface area contributed by atoms with Crippen molar-refractivity contribution in [2.45, 2.75) is 31.8 Å². The van der Waals surface area contributed by atoms with Gasteiger partial charge in [-0.15, -0.1) is 0 Å². The molecule has 4 heteroatoms. The number of nitrogens with zero attached hydrogens (tertiary/aromatic N) is 1. The van der Waals surface area contributed by atoms with E-state index in [1.54, 1.807) is 0 Å². The fourth-order valence-electron chi connectivity index (χ4n) is 3.03. The summed E-state index contributed by atoms with van der Waals surface area (Å²) >= 11 is 0. The topological polar surface area (TPSA) is 47.7 Å². The summed E-state index contributed by atoms with van der Waals surface area (Å²) in [6.45, 7) is 5.44. The molecule has 100 valence electrons. The Bertz CT molecular complexity index is 223. The molecule has 17 heavy (non-hydrogen) atoms. The monoisotopic (exact) mass is 242 g/mol. The maximum Gasteiger partial charge on any atom is 0.0702 e. The van der Waals surface area contributed by atoms with E-state index < -0.39 is 0 Å². The van der Waals surface area contributed by atoms with E-state index in [9.17, 15) is 0 Å². The average molecular weight is 242 g/mol. The molecule has 2 N–H and O–H groups in total. The molecule has 2 rings (SSSR count). The summed E-state index contributed by atoms with van der Waals surface area (Å²) in [5.41, 5.74) is 6.13. The van der Waals surface area contributed by atoms with Crippen molar-refractivity contribution in [3.05, 3.63) is 0 Å². The number of likely N-dealkylation sites (N-methyl/N-ethyl adjacent to an activating group) is 1. The molecule has 2 unspecified atom stereocenters. The van der Waals surface area contributed by atoms with Gasteiger partial charge < -0.3 is 20.1 Å². The van der Waals surface area contributed by atoms with Crippen LogP contribution in [-0.2, 0) is 9.47 Å². The van der Waals surface area contributed by atoms with Crippen molar-refractivity contribution in [1.29, 1.82) is 0 Å². The van der Waals surface area contributed by atoms with Gasteiger partial charge in [0.2, 0.25) is 0 Å². The molecule has 2 aliphatic heterocycles. The number of nitrogens with two attached hydrogens (primary N) is 1. The van der Waals surface area contributed by atoms with Gasteiger partial charge in [0.05, 0.1) is 12.7 Å². The Hall–Kier alpha value is -0.160. The molecule has 0 bridgehead atoms. The molecule has 0 aromatic heterocycles. The fraction of sp³-hybridized carbons (Fsp3) is 1.00. The minimum Gasteiger partial charge on any atom is -0.381 e. The van der Waals surface area contributed by atoms with Gasteiger partial charge in [0.15, 0.2) is 0 Å². The first-order valence-electron chi connectivity index (χ1n) is 6.82. The van der Waals surface area contributed by atoms with Gasteiger partial charge in [0, 0.05) is 38.3 Å². The lowest BCUT2D eigenvalue weighted by atomic mass is 9.82. The fourth-order valence-corrected chi connectivity index (χ4v) is 3.03. The molecule has 2 aliphatic rings. The van der Waals surface area contributed by atoms with Crippen molar-refractivity contribution in [2.75, 3.05) is 46.5 Å². The third-order valence-electron chi connectivity index (χ3n) is 3.98. The Balaban J connectivity index is 1.80. The van der Waals surface area contributed by atoms with E-state index in [0.29, 0.717) is 6.10 Å². The summed E-state index contributed by atoms with van der Waals surface area (Å²) in [7, 11) is 2.17. The van der Waals surface area contributed by atoms with Gasteiger partial charge >= 0.3 is 0 Å². The van der Waals surface area contributed by atoms with Crippen molar-refractivity contribution in [1.82, 2.24) is 4.90 Å². The lowest BCUT2D eigenvalue weighted by Crippen LogP contribution is -2.48. The first-order valence-corrected chi connectivity index (χ1v) is 6.82. The quantitative estimate of drug-likeness (QED) is 0.776. The zero-order valence-corrected chi connectivity index (χ0v) is 11.0. The normalized spacial score (nSPS) is 34.4. The molecule has 0 aromatic rings. The van der Waals surface area contributed by atoms with Crippen LogP contribution >= 0.6 is 0 Å². The van der Waals surface area contributed by atoms with E-state index in [1.165, 1.54) is 19.3 Å². The first kappa shape index (κ1) is 13.3. The van der Waals surface area contributed by atoms with Gasteiger partial charge in [-0.25, -0.2) is 0 Å². The van der Waals surface area contributed by atoms with Crippen molar-refractivity contribution in [3.63, 3.8) is 0 Å². The molecule has 2 fully saturated rings. The van der Waals surface area contributed by atoms with E-state index in [0.717, 1.165) is 45.9 Å². The molecule has 0 radical (unpaired) electrons. The van der Waals surface area contributed by atoms with Gasteiger partial charge in [-0.1, -0.05) is 0 Å². The number of hydrogen-bond acceptors (Lipinski definition) is 4. The van der Waals surface area contributed by atoms with Crippen LogP contribution in [0.3, 0.4) is 0 Å². The predicted octanol–water partition coefficient (Wildman–Crippen LogP) is 0.853. The number of rotatable bonds is 5. The molecule has 0 saturated carbocycles. The predicted molar refractivity (Wildman–Crippen MR) is 68.0 cm³/mol. The summed E-state index contributed by atoms with van der Waals surface area (Å²) in [6, 6.07) is 0. The Labute approximate surface area is 104 Å². The summed E-state index contributed by atoms with van der Waals surface area (Å²) in [5.74, 6) is 0. The van der Waals surface area contributed by atoms with Crippen molar-refractivity contribution < 1.29 is 9.47 Å². The van der Waals surface area contributed by atoms with Crippen LogP contribution in [0.5, 0.6) is 0 Å². The maximum atomic E-state index is 5.96. The molecular formula is C13H26N2O2. The molecule has 0 aromatic carbocycles. The minimum atomic E-state index is 0.172. The van der Waals surface area contributed by atoms with Gasteiger partial charge in [0.25, 0.3) is 0 Å². The maximum absolute atomic E-state index is 5.96. The van der Waals surface area contributed by atoms with Crippen LogP contribution in [0.4, 0.5) is 0 Å². The third kappa shape index (κ3) is 3.65. The second kappa shape index (κ2) is 6.14. The van der Waals surface area contributed by atoms with Crippen LogP contribution in [0.15, 0.2) is 0 Å². The Morgan fingerprint density at radius 3 is 2.82 bits per heavy atom. The molecule has 2 atom stereocenters. The van der Waals surface area contributed by atoms with Gasteiger partial charge in [-0.2, -0.15) is 0 Å². The van der Waals surface area contributed by atoms with E-state index >= 15 is 0 Å². The zero-order valence-electron chi connectivity index (χ0n) is 11.0. The minimum absolute atomic E-state index is 0.172. The van der Waals surface area contributed by atoms with Gasteiger partial charge in [-0.05, 0) is 32.7 Å². The first-order chi connectivity index (χ1) is 8.24. The number of hydrogen-bond donors (Lipinski definition) is 1. The molecule has 2 heterocycles. The molecule has 0 aliphatic carbocycles. The highest BCUT2D eigenvalue weighted by atomic mass is 16.5. The van der Waals surface area contributed by atoms with Crippen molar-refractivity contribution in [2.24, 2.45) is 11.1 Å². The van der Waals surface area contributed by atoms with E-state index in [4.69, 9.17) is 15.2 Å². The highest BCUT2D eigenvalue weighted by Crippen LogP contribution is 2.28. The smallest absolute Gasteiger partial charge is 0.0702 e. The Morgan fingerprint density at radius 1 is 1.35 bits per heavy atom. The molecular weight excluding hydrogens is 216 g/mol. The summed E-state index contributed by atoms with van der Waals surface area (Å²) in [5, 5.41) is 0. The largest absolute Gasteiger partial charge is 0.381 e. The zero-order chi connectivity index (χ0) is 12.1. The number of ether oxygens (including phenoxy) is 2. The third-order valence-corrected chi connectivity index (χ3v) is 3.98. The SMILES string of the molecule is CN(CC1CCCO1)CC1(CN)CCCOC1. The van der Waals surface area contributed by atoms with E-state index in [2.05, 4.69) is 11.9 Å². The van der Waals surface area contributed by atoms with E-state index in [1.807, 2.05) is 0 Å². The molecule has 4 nitrogen and oxygen atoms in total. The van der Waals surface area contributed by atoms with Gasteiger partial charge in [-0.3, -0.25) is 0 Å². The summed E-state index contributed by atoms with van der Waals surface area (Å²) in [6.07, 6.45) is 5.18. The standard InChI is InChI=1S/C13H26N2O2/c1-15(8-12-4-2-7-17-12)10-13(9-14)5-3-6-16-11-13/h12H,2-11,14H2,1H3. The lowest BCUT2D eigenvalue weighted by molar-refractivity contribution is -0.0247. The highest BCUT2D eigenvalue weighted by Gasteiger charge is 2.33. The average Bonchev–Trinajstić information content (AvgIpc) is 2.83. The molecule has 2 saturated heterocycles. The van der Waals surface area contributed by atoms with Crippen molar-refractivity contribution in [3.8, 4) is 0 Å².